The summed E-state index contributed by atoms with van der Waals surface area (Å²) in [5.74, 6) is 1.32. The number of H-pyrrole nitrogens is 1. The highest BCUT2D eigenvalue weighted by Crippen LogP contribution is 2.28. The number of anilines is 1. The number of nitrogens with zero attached hydrogens (tertiary/aromatic N) is 1. The summed E-state index contributed by atoms with van der Waals surface area (Å²) in [6.07, 6.45) is 0. The van der Waals surface area contributed by atoms with Crippen LogP contribution in [0.4, 0.5) is 5.82 Å². The van der Waals surface area contributed by atoms with Gasteiger partial charge in [0.25, 0.3) is 5.56 Å². The average Bonchev–Trinajstić information content (AvgIpc) is 2.46. The Morgan fingerprint density at radius 1 is 1.25 bits per heavy atom. The van der Waals surface area contributed by atoms with Crippen LogP contribution in [0.5, 0.6) is 0 Å². The van der Waals surface area contributed by atoms with Crippen LogP contribution in [0.25, 0.3) is 0 Å². The first-order valence-corrected chi connectivity index (χ1v) is 7.93. The molecule has 5 nitrogen and oxygen atoms in total. The Kier molecular flexibility index (Phi) is 3.79. The van der Waals surface area contributed by atoms with E-state index >= 15 is 0 Å². The van der Waals surface area contributed by atoms with Crippen molar-refractivity contribution in [1.29, 1.82) is 0 Å². The summed E-state index contributed by atoms with van der Waals surface area (Å²) >= 11 is 2.65. The molecule has 0 aliphatic carbocycles. The smallest absolute Gasteiger partial charge is 0.289 e. The fourth-order valence-corrected chi connectivity index (χ4v) is 3.35. The molecule has 1 aliphatic rings. The number of carbonyl (C=O) groups excluding carboxylic acids is 1. The maximum atomic E-state index is 11.9. The van der Waals surface area contributed by atoms with Gasteiger partial charge in [-0.3, -0.25) is 9.59 Å². The van der Waals surface area contributed by atoms with E-state index in [1.807, 2.05) is 30.3 Å². The van der Waals surface area contributed by atoms with Crippen LogP contribution < -0.4 is 10.9 Å². The number of carbonyl (C=O) groups is 1. The predicted octanol–water partition coefficient (Wildman–Crippen LogP) is 2.11. The molecule has 0 fully saturated rings. The molecule has 0 radical (unpaired) electrons. The number of hydrogen-bond acceptors (Lipinski definition) is 5. The van der Waals surface area contributed by atoms with Crippen molar-refractivity contribution >= 4 is 35.2 Å². The Morgan fingerprint density at radius 3 is 2.85 bits per heavy atom. The lowest BCUT2D eigenvalue weighted by Crippen LogP contribution is -2.25. The van der Waals surface area contributed by atoms with E-state index in [1.54, 1.807) is 0 Å². The fourth-order valence-electron chi connectivity index (χ4n) is 1.77. The van der Waals surface area contributed by atoms with E-state index in [9.17, 15) is 9.59 Å². The van der Waals surface area contributed by atoms with Gasteiger partial charge in [0, 0.05) is 5.75 Å². The van der Waals surface area contributed by atoms with Gasteiger partial charge in [-0.2, -0.15) is 4.98 Å². The van der Waals surface area contributed by atoms with Crippen LogP contribution in [0.3, 0.4) is 0 Å². The fraction of sp³-hybridized carbons (Fsp3) is 0.154. The molecule has 0 spiro atoms. The van der Waals surface area contributed by atoms with E-state index < -0.39 is 0 Å². The Hall–Kier alpha value is -1.73. The number of rotatable bonds is 3. The zero-order chi connectivity index (χ0) is 13.9. The molecule has 0 unspecified atom stereocenters. The molecule has 1 amide bonds. The van der Waals surface area contributed by atoms with Crippen molar-refractivity contribution in [3.05, 3.63) is 46.2 Å². The van der Waals surface area contributed by atoms with Gasteiger partial charge >= 0.3 is 0 Å². The molecule has 3 rings (SSSR count). The Morgan fingerprint density at radius 2 is 2.05 bits per heavy atom. The summed E-state index contributed by atoms with van der Waals surface area (Å²) in [5.41, 5.74) is 0.857. The van der Waals surface area contributed by atoms with Crippen LogP contribution >= 0.6 is 23.5 Å². The third kappa shape index (κ3) is 2.88. The van der Waals surface area contributed by atoms with Gasteiger partial charge in [0.2, 0.25) is 5.91 Å². The van der Waals surface area contributed by atoms with Crippen molar-refractivity contribution in [3.63, 3.8) is 0 Å². The Bertz CT molecular complexity index is 701. The number of aromatic amines is 1. The summed E-state index contributed by atoms with van der Waals surface area (Å²) in [5, 5.41) is 3.18. The zero-order valence-electron chi connectivity index (χ0n) is 10.4. The molecule has 2 heterocycles. The van der Waals surface area contributed by atoms with Crippen molar-refractivity contribution in [2.24, 2.45) is 0 Å². The molecule has 7 heteroatoms. The predicted molar refractivity (Wildman–Crippen MR) is 80.2 cm³/mol. The van der Waals surface area contributed by atoms with Gasteiger partial charge in [-0.1, -0.05) is 42.1 Å². The quantitative estimate of drug-likeness (QED) is 0.671. The van der Waals surface area contributed by atoms with E-state index in [4.69, 9.17) is 0 Å². The minimum Gasteiger partial charge on any atom is -0.320 e. The van der Waals surface area contributed by atoms with E-state index in [-0.39, 0.29) is 17.2 Å². The number of aromatic nitrogens is 2. The SMILES string of the molecule is O=C1CSc2c([nH]c(SCc3ccccc3)nc2=O)N1. The largest absolute Gasteiger partial charge is 0.320 e. The van der Waals surface area contributed by atoms with Gasteiger partial charge in [-0.15, -0.1) is 11.8 Å². The number of fused-ring (bicyclic) bond motifs is 1. The van der Waals surface area contributed by atoms with Crippen LogP contribution in [0, 0.1) is 0 Å². The molecule has 1 aliphatic heterocycles. The lowest BCUT2D eigenvalue weighted by Gasteiger charge is -2.15. The Labute approximate surface area is 123 Å². The topological polar surface area (TPSA) is 74.8 Å². The van der Waals surface area contributed by atoms with Gasteiger partial charge in [0.1, 0.15) is 10.7 Å². The number of benzene rings is 1. The third-order valence-corrected chi connectivity index (χ3v) is 4.71. The monoisotopic (exact) mass is 305 g/mol. The molecule has 0 saturated carbocycles. The standard InChI is InChI=1S/C13H11N3O2S2/c17-9-7-19-10-11(14-9)15-13(16-12(10)18)20-6-8-4-2-1-3-5-8/h1-5H,6-7H2,(H2,14,15,16,17,18). The lowest BCUT2D eigenvalue weighted by molar-refractivity contribution is -0.113. The molecule has 1 aromatic carbocycles. The van der Waals surface area contributed by atoms with Crippen molar-refractivity contribution in [2.75, 3.05) is 11.1 Å². The summed E-state index contributed by atoms with van der Waals surface area (Å²) < 4.78 is 0. The molecule has 0 saturated heterocycles. The van der Waals surface area contributed by atoms with Crippen LogP contribution in [0.15, 0.2) is 45.2 Å². The van der Waals surface area contributed by atoms with Gasteiger partial charge < -0.3 is 10.3 Å². The first-order chi connectivity index (χ1) is 9.72. The highest BCUT2D eigenvalue weighted by atomic mass is 32.2. The maximum absolute atomic E-state index is 11.9. The van der Waals surface area contributed by atoms with Crippen LogP contribution in [0.1, 0.15) is 5.56 Å². The van der Waals surface area contributed by atoms with Crippen LogP contribution in [0.2, 0.25) is 0 Å². The molecule has 1 aromatic heterocycles. The molecule has 0 atom stereocenters. The maximum Gasteiger partial charge on any atom is 0.289 e. The molecule has 2 aromatic rings. The number of nitrogens with one attached hydrogen (secondary N) is 2. The second-order valence-electron chi connectivity index (χ2n) is 4.16. The van der Waals surface area contributed by atoms with E-state index in [0.717, 1.165) is 5.56 Å². The highest BCUT2D eigenvalue weighted by molar-refractivity contribution is 8.00. The first-order valence-electron chi connectivity index (χ1n) is 5.96. The lowest BCUT2D eigenvalue weighted by atomic mass is 10.2. The summed E-state index contributed by atoms with van der Waals surface area (Å²) in [4.78, 5) is 30.7. The van der Waals surface area contributed by atoms with Crippen LogP contribution in [-0.4, -0.2) is 21.6 Å². The summed E-state index contributed by atoms with van der Waals surface area (Å²) in [6.45, 7) is 0. The van der Waals surface area contributed by atoms with Gasteiger partial charge in [-0.25, -0.2) is 0 Å². The highest BCUT2D eigenvalue weighted by Gasteiger charge is 2.20. The molecule has 0 bridgehead atoms. The molecular weight excluding hydrogens is 294 g/mol. The molecule has 102 valence electrons. The second-order valence-corrected chi connectivity index (χ2v) is 6.11. The van der Waals surface area contributed by atoms with E-state index in [1.165, 1.54) is 23.5 Å². The third-order valence-electron chi connectivity index (χ3n) is 2.69. The molecular formula is C13H11N3O2S2. The zero-order valence-corrected chi connectivity index (χ0v) is 12.0. The van der Waals surface area contributed by atoms with E-state index in [2.05, 4.69) is 15.3 Å². The van der Waals surface area contributed by atoms with Crippen molar-refractivity contribution < 1.29 is 4.79 Å². The number of amides is 1. The van der Waals surface area contributed by atoms with Crippen molar-refractivity contribution in [1.82, 2.24) is 9.97 Å². The Balaban J connectivity index is 1.81. The van der Waals surface area contributed by atoms with Crippen molar-refractivity contribution in [3.8, 4) is 0 Å². The number of thioether (sulfide) groups is 2. The average molecular weight is 305 g/mol. The van der Waals surface area contributed by atoms with E-state index in [0.29, 0.717) is 21.6 Å². The first kappa shape index (κ1) is 13.3. The second kappa shape index (κ2) is 5.72. The number of hydrogen-bond donors (Lipinski definition) is 2. The minimum atomic E-state index is -0.292. The van der Waals surface area contributed by atoms with Gasteiger partial charge in [0.15, 0.2) is 5.16 Å². The summed E-state index contributed by atoms with van der Waals surface area (Å²) in [7, 11) is 0. The van der Waals surface area contributed by atoms with Gasteiger partial charge in [0.05, 0.1) is 5.75 Å². The van der Waals surface area contributed by atoms with Crippen LogP contribution in [-0.2, 0) is 10.5 Å². The molecule has 2 N–H and O–H groups in total. The molecule has 20 heavy (non-hydrogen) atoms. The van der Waals surface area contributed by atoms with Crippen molar-refractivity contribution in [2.45, 2.75) is 15.8 Å². The summed E-state index contributed by atoms with van der Waals surface area (Å²) in [6, 6.07) is 9.92. The normalized spacial score (nSPS) is 13.7. The van der Waals surface area contributed by atoms with Gasteiger partial charge in [-0.05, 0) is 5.56 Å². The minimum absolute atomic E-state index is 0.108.